The Hall–Kier alpha value is -1.61. The van der Waals surface area contributed by atoms with Gasteiger partial charge < -0.3 is 15.5 Å². The number of hydrogen-bond donors (Lipinski definition) is 2. The Labute approximate surface area is 133 Å². The van der Waals surface area contributed by atoms with Crippen LogP contribution in [0.1, 0.15) is 10.5 Å². The minimum atomic E-state index is -3.92. The molecule has 1 heterocycles. The Balaban J connectivity index is 2.69. The topological polar surface area (TPSA) is 105 Å². The molecule has 0 atom stereocenters. The third-order valence-electron chi connectivity index (χ3n) is 3.24. The van der Waals surface area contributed by atoms with E-state index in [-0.39, 0.29) is 23.7 Å². The highest BCUT2D eigenvalue weighted by Crippen LogP contribution is 2.30. The lowest BCUT2D eigenvalue weighted by molar-refractivity contribution is 0.0993. The average Bonchev–Trinajstić information content (AvgIpc) is 2.83. The first-order valence-corrected chi connectivity index (χ1v) is 8.17. The van der Waals surface area contributed by atoms with E-state index in [0.29, 0.717) is 15.9 Å². The molecule has 3 N–H and O–H groups in total. The van der Waals surface area contributed by atoms with E-state index >= 15 is 0 Å². The molecule has 9 heteroatoms. The molecule has 2 aromatic rings. The van der Waals surface area contributed by atoms with Gasteiger partial charge in [-0.15, -0.1) is 0 Å². The minimum Gasteiger partial charge on any atom is -0.383 e. The van der Waals surface area contributed by atoms with Crippen molar-refractivity contribution >= 4 is 38.4 Å². The van der Waals surface area contributed by atoms with Crippen LogP contribution in [0.5, 0.6) is 0 Å². The summed E-state index contributed by atoms with van der Waals surface area (Å²) in [6.07, 6.45) is 0. The van der Waals surface area contributed by atoms with Gasteiger partial charge in [-0.05, 0) is 18.2 Å². The smallest absolute Gasteiger partial charge is 0.266 e. The van der Waals surface area contributed by atoms with Crippen LogP contribution in [0.2, 0.25) is 5.02 Å². The second-order valence-corrected chi connectivity index (χ2v) is 7.12. The van der Waals surface area contributed by atoms with Crippen molar-refractivity contribution in [1.82, 2.24) is 9.29 Å². The predicted molar refractivity (Wildman–Crippen MR) is 83.5 cm³/mol. The third-order valence-corrected chi connectivity index (χ3v) is 5.42. The molecule has 0 radical (unpaired) electrons. The number of nitrogens with zero attached hydrogens (tertiary/aromatic N) is 1. The van der Waals surface area contributed by atoms with Gasteiger partial charge in [-0.2, -0.15) is 4.31 Å². The molecule has 22 heavy (non-hydrogen) atoms. The molecule has 7 nitrogen and oxygen atoms in total. The summed E-state index contributed by atoms with van der Waals surface area (Å²) in [6, 6.07) is 4.67. The van der Waals surface area contributed by atoms with E-state index in [9.17, 15) is 13.2 Å². The van der Waals surface area contributed by atoms with Crippen molar-refractivity contribution in [1.29, 1.82) is 0 Å². The Morgan fingerprint density at radius 2 is 2.14 bits per heavy atom. The van der Waals surface area contributed by atoms with E-state index < -0.39 is 15.9 Å². The molecule has 0 unspecified atom stereocenters. The van der Waals surface area contributed by atoms with Gasteiger partial charge in [0.2, 0.25) is 10.0 Å². The van der Waals surface area contributed by atoms with Crippen LogP contribution in [0.3, 0.4) is 0 Å². The number of methoxy groups -OCH3 is 1. The Morgan fingerprint density at radius 1 is 1.45 bits per heavy atom. The highest BCUT2D eigenvalue weighted by Gasteiger charge is 2.30. The molecule has 1 aromatic heterocycles. The lowest BCUT2D eigenvalue weighted by Gasteiger charge is -2.17. The van der Waals surface area contributed by atoms with Crippen LogP contribution < -0.4 is 5.73 Å². The number of ether oxygens (including phenoxy) is 1. The van der Waals surface area contributed by atoms with Crippen LogP contribution >= 0.6 is 11.6 Å². The zero-order valence-corrected chi connectivity index (χ0v) is 13.7. The largest absolute Gasteiger partial charge is 0.383 e. The molecule has 0 aliphatic carbocycles. The predicted octanol–water partition coefficient (Wildman–Crippen LogP) is 1.19. The molecular weight excluding hydrogens is 330 g/mol. The van der Waals surface area contributed by atoms with E-state index in [0.717, 1.165) is 4.31 Å². The van der Waals surface area contributed by atoms with Crippen LogP contribution in [0, 0.1) is 0 Å². The molecule has 0 saturated carbocycles. The molecule has 1 amide bonds. The second-order valence-electron chi connectivity index (χ2n) is 4.70. The first-order chi connectivity index (χ1) is 10.3. The minimum absolute atomic E-state index is 0.143. The molecule has 0 aliphatic heterocycles. The van der Waals surface area contributed by atoms with E-state index in [4.69, 9.17) is 22.1 Å². The molecule has 0 spiro atoms. The number of fused-ring (bicyclic) bond motifs is 1. The number of H-pyrrole nitrogens is 1. The summed E-state index contributed by atoms with van der Waals surface area (Å²) in [7, 11) is -1.05. The van der Waals surface area contributed by atoms with Gasteiger partial charge >= 0.3 is 0 Å². The number of rotatable bonds is 6. The van der Waals surface area contributed by atoms with Gasteiger partial charge in [-0.3, -0.25) is 4.79 Å². The summed E-state index contributed by atoms with van der Waals surface area (Å²) in [5, 5.41) is 0.684. The number of hydrogen-bond acceptors (Lipinski definition) is 4. The molecular formula is C13H16ClN3O4S. The van der Waals surface area contributed by atoms with Crippen molar-refractivity contribution in [3.05, 3.63) is 28.9 Å². The Kier molecular flexibility index (Phi) is 4.76. The number of amides is 1. The standard InChI is InChI=1S/C13H16ClN3O4S/c1-17(5-6-21-2)22(19,20)12-9-7-8(14)3-4-10(9)16-11(12)13(15)18/h3-4,7,16H,5-6H2,1-2H3,(H2,15,18). The fraction of sp³-hybridized carbons (Fsp3) is 0.308. The number of benzene rings is 1. The summed E-state index contributed by atoms with van der Waals surface area (Å²) < 4.78 is 31.5. The highest BCUT2D eigenvalue weighted by atomic mass is 35.5. The molecule has 0 bridgehead atoms. The first kappa shape index (κ1) is 16.8. The lowest BCUT2D eigenvalue weighted by Crippen LogP contribution is -2.31. The van der Waals surface area contributed by atoms with Crippen molar-refractivity contribution in [2.75, 3.05) is 27.3 Å². The van der Waals surface area contributed by atoms with E-state index in [1.54, 1.807) is 12.1 Å². The second kappa shape index (κ2) is 6.25. The monoisotopic (exact) mass is 345 g/mol. The quantitative estimate of drug-likeness (QED) is 0.820. The van der Waals surface area contributed by atoms with E-state index in [2.05, 4.69) is 4.98 Å². The van der Waals surface area contributed by atoms with Crippen LogP contribution in [-0.4, -0.2) is 50.9 Å². The maximum absolute atomic E-state index is 12.7. The summed E-state index contributed by atoms with van der Waals surface area (Å²) in [5.74, 6) is -0.856. The molecule has 0 fully saturated rings. The van der Waals surface area contributed by atoms with Crippen LogP contribution in [0.4, 0.5) is 0 Å². The van der Waals surface area contributed by atoms with Gasteiger partial charge in [0.25, 0.3) is 5.91 Å². The van der Waals surface area contributed by atoms with Crippen LogP contribution in [0.15, 0.2) is 23.1 Å². The van der Waals surface area contributed by atoms with Crippen LogP contribution in [-0.2, 0) is 14.8 Å². The molecule has 0 aliphatic rings. The summed E-state index contributed by atoms with van der Waals surface area (Å²) in [6.45, 7) is 0.370. The van der Waals surface area contributed by atoms with E-state index in [1.165, 1.54) is 20.2 Å². The van der Waals surface area contributed by atoms with Gasteiger partial charge in [0.1, 0.15) is 10.6 Å². The van der Waals surface area contributed by atoms with Crippen molar-refractivity contribution < 1.29 is 17.9 Å². The number of carbonyl (C=O) groups is 1. The van der Waals surface area contributed by atoms with Crippen LogP contribution in [0.25, 0.3) is 10.9 Å². The number of aromatic amines is 1. The number of primary amides is 1. The summed E-state index contributed by atoms with van der Waals surface area (Å²) in [4.78, 5) is 14.2. The zero-order chi connectivity index (χ0) is 16.5. The number of nitrogens with two attached hydrogens (primary N) is 1. The van der Waals surface area contributed by atoms with Crippen molar-refractivity contribution in [2.24, 2.45) is 5.73 Å². The van der Waals surface area contributed by atoms with Crippen molar-refractivity contribution in [2.45, 2.75) is 4.90 Å². The van der Waals surface area contributed by atoms with Crippen molar-refractivity contribution in [3.8, 4) is 0 Å². The average molecular weight is 346 g/mol. The number of halogens is 1. The zero-order valence-electron chi connectivity index (χ0n) is 12.1. The molecule has 120 valence electrons. The number of nitrogens with one attached hydrogen (secondary N) is 1. The Bertz CT molecular complexity index is 816. The number of aromatic nitrogens is 1. The lowest BCUT2D eigenvalue weighted by atomic mass is 10.2. The summed E-state index contributed by atoms with van der Waals surface area (Å²) in [5.41, 5.74) is 5.61. The SMILES string of the molecule is COCCN(C)S(=O)(=O)c1c(C(N)=O)[nH]c2ccc(Cl)cc12. The fourth-order valence-corrected chi connectivity index (χ4v) is 3.73. The highest BCUT2D eigenvalue weighted by molar-refractivity contribution is 7.89. The normalized spacial score (nSPS) is 12.2. The third kappa shape index (κ3) is 2.95. The summed E-state index contributed by atoms with van der Waals surface area (Å²) >= 11 is 5.93. The van der Waals surface area contributed by atoms with E-state index in [1.807, 2.05) is 0 Å². The van der Waals surface area contributed by atoms with Gasteiger partial charge in [-0.25, -0.2) is 8.42 Å². The fourth-order valence-electron chi connectivity index (χ4n) is 2.08. The molecule has 2 rings (SSSR count). The van der Waals surface area contributed by atoms with Crippen molar-refractivity contribution in [3.63, 3.8) is 0 Å². The number of carbonyl (C=O) groups excluding carboxylic acids is 1. The molecule has 1 aromatic carbocycles. The van der Waals surface area contributed by atoms with Gasteiger partial charge in [0.05, 0.1) is 6.61 Å². The first-order valence-electron chi connectivity index (χ1n) is 6.35. The van der Waals surface area contributed by atoms with Gasteiger partial charge in [0, 0.05) is 36.6 Å². The number of likely N-dealkylation sites (N-methyl/N-ethyl adjacent to an activating group) is 1. The molecule has 0 saturated heterocycles. The number of sulfonamides is 1. The van der Waals surface area contributed by atoms with Gasteiger partial charge in [-0.1, -0.05) is 11.6 Å². The Morgan fingerprint density at radius 3 is 2.73 bits per heavy atom. The maximum Gasteiger partial charge on any atom is 0.266 e. The van der Waals surface area contributed by atoms with Gasteiger partial charge in [0.15, 0.2) is 0 Å². The maximum atomic E-state index is 12.7.